The highest BCUT2D eigenvalue weighted by Gasteiger charge is 2.38. The summed E-state index contributed by atoms with van der Waals surface area (Å²) in [4.78, 5) is 27.7. The summed E-state index contributed by atoms with van der Waals surface area (Å²) in [6.45, 7) is 0.108. The van der Waals surface area contributed by atoms with Gasteiger partial charge in [-0.3, -0.25) is 9.35 Å². The minimum absolute atomic E-state index is 0.00879. The number of piperidine rings is 1. The van der Waals surface area contributed by atoms with Crippen LogP contribution in [0.3, 0.4) is 0 Å². The molecule has 18 heteroatoms. The third-order valence-corrected chi connectivity index (χ3v) is 10.6. The van der Waals surface area contributed by atoms with E-state index < -0.39 is 56.1 Å². The molecule has 2 amide bonds. The number of carbonyl (C=O) groups excluding carboxylic acids is 1. The number of likely N-dealkylation sites (tertiary alicyclic amines) is 1. The van der Waals surface area contributed by atoms with Crippen LogP contribution in [-0.4, -0.2) is 109 Å². The van der Waals surface area contributed by atoms with E-state index in [1.54, 1.807) is 24.3 Å². The fraction of sp³-hybridized carbons (Fsp3) is 0.407. The summed E-state index contributed by atoms with van der Waals surface area (Å²) in [5.41, 5.74) is 5.78. The normalized spacial score (nSPS) is 21.5. The number of sulfonamides is 1. The number of hydrogen-bond donors (Lipinski definition) is 5. The number of ether oxygens (including phenoxy) is 2. The minimum Gasteiger partial charge on any atom is -0.491 e. The predicted molar refractivity (Wildman–Crippen MR) is 164 cm³/mol. The van der Waals surface area contributed by atoms with Crippen molar-refractivity contribution in [3.63, 3.8) is 0 Å². The highest BCUT2D eigenvalue weighted by Crippen LogP contribution is 2.37. The second kappa shape index (κ2) is 13.0. The molecule has 0 saturated carbocycles. The number of nitrogens with zero attached hydrogens (tertiary/aromatic N) is 2. The molecule has 6 N–H and O–H groups in total. The molecule has 0 bridgehead atoms. The molecule has 2 aromatic carbocycles. The van der Waals surface area contributed by atoms with Crippen molar-refractivity contribution < 1.29 is 45.6 Å². The first-order valence-electron chi connectivity index (χ1n) is 13.9. The lowest BCUT2D eigenvalue weighted by Gasteiger charge is -2.37. The number of fused-ring (bicyclic) bond motifs is 1. The van der Waals surface area contributed by atoms with Crippen LogP contribution in [0.1, 0.15) is 23.3 Å². The quantitative estimate of drug-likeness (QED) is 0.195. The average Bonchev–Trinajstić information content (AvgIpc) is 3.37. The molecule has 244 valence electrons. The number of primary amides is 1. The molecule has 0 spiro atoms. The summed E-state index contributed by atoms with van der Waals surface area (Å²) in [5, 5.41) is 12.9. The Labute approximate surface area is 264 Å². The largest absolute Gasteiger partial charge is 0.491 e. The van der Waals surface area contributed by atoms with E-state index >= 15 is 0 Å². The summed E-state index contributed by atoms with van der Waals surface area (Å²) in [7, 11) is -8.82. The van der Waals surface area contributed by atoms with Crippen LogP contribution in [0.2, 0.25) is 5.02 Å². The zero-order valence-corrected chi connectivity index (χ0v) is 26.1. The van der Waals surface area contributed by atoms with E-state index in [-0.39, 0.29) is 77.9 Å². The van der Waals surface area contributed by atoms with E-state index in [1.165, 1.54) is 16.4 Å². The van der Waals surface area contributed by atoms with Crippen LogP contribution >= 0.6 is 11.6 Å². The highest BCUT2D eigenvalue weighted by molar-refractivity contribution is 7.89. The summed E-state index contributed by atoms with van der Waals surface area (Å²) >= 11 is 6.43. The Kier molecular flexibility index (Phi) is 9.48. The molecule has 3 aromatic rings. The van der Waals surface area contributed by atoms with Crippen LogP contribution in [0, 0.1) is 0 Å². The van der Waals surface area contributed by atoms with Crippen molar-refractivity contribution >= 4 is 60.3 Å². The van der Waals surface area contributed by atoms with Gasteiger partial charge in [-0.1, -0.05) is 29.8 Å². The van der Waals surface area contributed by atoms with Gasteiger partial charge in [0.1, 0.15) is 29.0 Å². The second-order valence-corrected chi connectivity index (χ2v) is 14.6. The maximum absolute atomic E-state index is 14.1. The number of H-pyrrole nitrogens is 1. The Morgan fingerprint density at radius 1 is 1.16 bits per heavy atom. The monoisotopic (exact) mass is 685 g/mol. The van der Waals surface area contributed by atoms with Crippen molar-refractivity contribution in [2.75, 3.05) is 43.9 Å². The van der Waals surface area contributed by atoms with Crippen LogP contribution in [0.4, 0.5) is 10.5 Å². The third kappa shape index (κ3) is 7.45. The molecule has 5 rings (SSSR count). The first kappa shape index (κ1) is 32.8. The van der Waals surface area contributed by atoms with Crippen molar-refractivity contribution in [2.24, 2.45) is 5.73 Å². The van der Waals surface area contributed by atoms with Gasteiger partial charge >= 0.3 is 6.09 Å². The second-order valence-electron chi connectivity index (χ2n) is 10.8. The van der Waals surface area contributed by atoms with Crippen molar-refractivity contribution in [2.45, 2.75) is 35.9 Å². The summed E-state index contributed by atoms with van der Waals surface area (Å²) < 4.78 is 73.4. The van der Waals surface area contributed by atoms with Gasteiger partial charge < -0.3 is 35.5 Å². The van der Waals surface area contributed by atoms with E-state index in [0.29, 0.717) is 5.75 Å². The molecule has 3 unspecified atom stereocenters. The fourth-order valence-electron chi connectivity index (χ4n) is 5.69. The standard InChI is InChI=1S/C27H32ClN5O10S2/c28-16-10-21-23(22(11-16)30-17-6-7-33(27(35)36)18(12-17)15-44(37,38)39)31-24(26(29)34)25(21)45(40,41)32-8-9-42-20(13-32)14-43-19-4-2-1-3-5-19/h1-5,10-11,17-18,20,30-31H,6-9,12-15H2,(H2,29,34)(H,35,36)(H,37,38,39). The Hall–Kier alpha value is -3.61. The van der Waals surface area contributed by atoms with Gasteiger partial charge in [0, 0.05) is 36.1 Å². The fourth-order valence-corrected chi connectivity index (χ4v) is 8.50. The third-order valence-electron chi connectivity index (χ3n) is 7.67. The Morgan fingerprint density at radius 3 is 2.56 bits per heavy atom. The summed E-state index contributed by atoms with van der Waals surface area (Å²) in [6.07, 6.45) is -1.65. The number of rotatable bonds is 10. The molecular weight excluding hydrogens is 654 g/mol. The van der Waals surface area contributed by atoms with Crippen LogP contribution in [0.25, 0.3) is 10.9 Å². The number of aromatic nitrogens is 1. The van der Waals surface area contributed by atoms with Gasteiger partial charge in [-0.25, -0.2) is 13.2 Å². The van der Waals surface area contributed by atoms with E-state index in [1.807, 2.05) is 6.07 Å². The van der Waals surface area contributed by atoms with Crippen molar-refractivity contribution in [1.29, 1.82) is 0 Å². The number of halogens is 1. The lowest BCUT2D eigenvalue weighted by molar-refractivity contribution is -0.0249. The van der Waals surface area contributed by atoms with Gasteiger partial charge in [0.25, 0.3) is 16.0 Å². The molecule has 2 aliphatic heterocycles. The van der Waals surface area contributed by atoms with Crippen molar-refractivity contribution in [1.82, 2.24) is 14.2 Å². The Morgan fingerprint density at radius 2 is 1.89 bits per heavy atom. The van der Waals surface area contributed by atoms with Gasteiger partial charge in [-0.05, 0) is 37.1 Å². The summed E-state index contributed by atoms with van der Waals surface area (Å²) in [5.74, 6) is -1.22. The molecule has 3 atom stereocenters. The Bertz CT molecular complexity index is 1800. The SMILES string of the molecule is NC(=O)c1[nH]c2c(NC3CCN(C(=O)O)C(CS(=O)(=O)O)C3)cc(Cl)cc2c1S(=O)(=O)N1CCOC(COc2ccccc2)C1. The number of nitrogens with one attached hydrogen (secondary N) is 2. The smallest absolute Gasteiger partial charge is 0.407 e. The number of benzene rings is 2. The number of carboxylic acid groups (broad SMARTS) is 1. The summed E-state index contributed by atoms with van der Waals surface area (Å²) in [6, 6.07) is 10.3. The van der Waals surface area contributed by atoms with Crippen LogP contribution in [-0.2, 0) is 24.9 Å². The molecular formula is C27H32ClN5O10S2. The molecule has 45 heavy (non-hydrogen) atoms. The lowest BCUT2D eigenvalue weighted by Crippen LogP contribution is -2.51. The maximum atomic E-state index is 14.1. The van der Waals surface area contributed by atoms with E-state index in [4.69, 9.17) is 26.8 Å². The first-order valence-corrected chi connectivity index (χ1v) is 17.3. The van der Waals surface area contributed by atoms with Gasteiger partial charge in [0.2, 0.25) is 10.0 Å². The predicted octanol–water partition coefficient (Wildman–Crippen LogP) is 2.20. The molecule has 2 saturated heterocycles. The zero-order valence-electron chi connectivity index (χ0n) is 23.8. The number of carbonyl (C=O) groups is 2. The van der Waals surface area contributed by atoms with E-state index in [0.717, 1.165) is 4.90 Å². The van der Waals surface area contributed by atoms with Gasteiger partial charge in [-0.15, -0.1) is 0 Å². The molecule has 2 fully saturated rings. The number of para-hydroxylation sites is 1. The zero-order chi connectivity index (χ0) is 32.5. The van der Waals surface area contributed by atoms with E-state index in [2.05, 4.69) is 10.3 Å². The van der Waals surface area contributed by atoms with Crippen LogP contribution in [0.5, 0.6) is 5.75 Å². The number of hydrogen-bond acceptors (Lipinski definition) is 9. The number of anilines is 1. The topological polar surface area (TPSA) is 222 Å². The minimum atomic E-state index is -4.49. The number of nitrogens with two attached hydrogens (primary N) is 1. The number of morpholine rings is 1. The number of amides is 2. The van der Waals surface area contributed by atoms with Gasteiger partial charge in [0.05, 0.1) is 29.6 Å². The Balaban J connectivity index is 1.44. The van der Waals surface area contributed by atoms with Crippen LogP contribution < -0.4 is 15.8 Å². The van der Waals surface area contributed by atoms with Gasteiger partial charge in [-0.2, -0.15) is 12.7 Å². The number of aromatic amines is 1. The van der Waals surface area contributed by atoms with Crippen molar-refractivity contribution in [3.05, 3.63) is 53.2 Å². The molecule has 3 heterocycles. The maximum Gasteiger partial charge on any atom is 0.407 e. The van der Waals surface area contributed by atoms with Crippen molar-refractivity contribution in [3.8, 4) is 5.75 Å². The van der Waals surface area contributed by atoms with Crippen LogP contribution in [0.15, 0.2) is 47.4 Å². The average molecular weight is 686 g/mol. The lowest BCUT2D eigenvalue weighted by atomic mass is 9.98. The molecule has 0 aliphatic carbocycles. The van der Waals surface area contributed by atoms with E-state index in [9.17, 15) is 36.1 Å². The highest BCUT2D eigenvalue weighted by atomic mass is 35.5. The molecule has 15 nitrogen and oxygen atoms in total. The molecule has 0 radical (unpaired) electrons. The molecule has 2 aliphatic rings. The molecule has 1 aromatic heterocycles. The van der Waals surface area contributed by atoms with Gasteiger partial charge in [0.15, 0.2) is 0 Å². The first-order chi connectivity index (χ1) is 21.2.